The maximum Gasteiger partial charge on any atom is 0.405 e. The van der Waals surface area contributed by atoms with Crippen LogP contribution in [0.25, 0.3) is 0 Å². The lowest BCUT2D eigenvalue weighted by atomic mass is 9.62. The van der Waals surface area contributed by atoms with E-state index in [0.29, 0.717) is 17.2 Å². The molecule has 1 amide bonds. The minimum Gasteiger partial charge on any atom is -0.465 e. The number of hydrogen-bond donors (Lipinski definition) is 4. The van der Waals surface area contributed by atoms with Gasteiger partial charge in [-0.3, -0.25) is 0 Å². The van der Waals surface area contributed by atoms with Gasteiger partial charge in [-0.15, -0.1) is 0 Å². The second-order valence-corrected chi connectivity index (χ2v) is 10.1. The predicted molar refractivity (Wildman–Crippen MR) is 128 cm³/mol. The summed E-state index contributed by atoms with van der Waals surface area (Å²) in [6.07, 6.45) is 4.14. The highest BCUT2D eigenvalue weighted by molar-refractivity contribution is 9.10. The van der Waals surface area contributed by atoms with Crippen LogP contribution in [0.1, 0.15) is 57.8 Å². The van der Waals surface area contributed by atoms with Crippen LogP contribution in [0, 0.1) is 23.7 Å². The van der Waals surface area contributed by atoms with Gasteiger partial charge in [-0.1, -0.05) is 33.6 Å². The van der Waals surface area contributed by atoms with E-state index < -0.39 is 11.6 Å². The first-order valence-electron chi connectivity index (χ1n) is 10.6. The van der Waals surface area contributed by atoms with Gasteiger partial charge in [0.25, 0.3) is 0 Å². The van der Waals surface area contributed by atoms with Crippen LogP contribution in [-0.4, -0.2) is 32.7 Å². The summed E-state index contributed by atoms with van der Waals surface area (Å²) < 4.78 is 0.902. The molecule has 2 unspecified atom stereocenters. The van der Waals surface area contributed by atoms with Crippen LogP contribution in [0.15, 0.2) is 28.9 Å². The van der Waals surface area contributed by atoms with Gasteiger partial charge in [0.2, 0.25) is 0 Å². The van der Waals surface area contributed by atoms with Gasteiger partial charge >= 0.3 is 6.09 Å². The number of hydrogen-bond acceptors (Lipinski definition) is 6. The molecule has 8 nitrogen and oxygen atoms in total. The zero-order valence-electron chi connectivity index (χ0n) is 18.8. The minimum absolute atomic E-state index is 0.122. The lowest BCUT2D eigenvalue weighted by molar-refractivity contribution is 0.0721. The second-order valence-electron chi connectivity index (χ2n) is 9.21. The summed E-state index contributed by atoms with van der Waals surface area (Å²) in [5.74, 6) is 0.607. The number of pyridine rings is 2. The lowest BCUT2D eigenvalue weighted by Crippen LogP contribution is -2.67. The number of carboxylic acid groups (broad SMARTS) is 1. The molecule has 1 aliphatic rings. The fraction of sp³-hybridized carbons (Fsp3) is 0.478. The van der Waals surface area contributed by atoms with Gasteiger partial charge in [-0.25, -0.2) is 14.8 Å². The molecule has 0 spiro atoms. The number of carbonyl (C=O) groups is 1. The molecule has 32 heavy (non-hydrogen) atoms. The Morgan fingerprint density at radius 1 is 1.34 bits per heavy atom. The number of halogens is 1. The van der Waals surface area contributed by atoms with Crippen molar-refractivity contribution >= 4 is 39.2 Å². The first kappa shape index (κ1) is 23.8. The van der Waals surface area contributed by atoms with Crippen LogP contribution in [-0.2, 0) is 0 Å². The summed E-state index contributed by atoms with van der Waals surface area (Å²) in [5, 5.41) is 28.7. The van der Waals surface area contributed by atoms with Gasteiger partial charge in [-0.2, -0.15) is 5.26 Å². The second kappa shape index (κ2) is 9.33. The SMILES string of the molecule is Cc1nc(Nc2cc(NC3CCCCC3(NC(=O)O)C(C)(C)C)cnc2C#N)ccc1Br. The van der Waals surface area contributed by atoms with E-state index in [2.05, 4.69) is 68.7 Å². The molecule has 2 atom stereocenters. The third-order valence-corrected chi connectivity index (χ3v) is 7.03. The number of aryl methyl sites for hydroxylation is 1. The molecule has 0 saturated heterocycles. The van der Waals surface area contributed by atoms with Crippen molar-refractivity contribution in [1.29, 1.82) is 5.26 Å². The molecule has 3 rings (SSSR count). The molecule has 9 heteroatoms. The highest BCUT2D eigenvalue weighted by atomic mass is 79.9. The van der Waals surface area contributed by atoms with Crippen molar-refractivity contribution in [3.8, 4) is 6.07 Å². The van der Waals surface area contributed by atoms with Crippen molar-refractivity contribution in [1.82, 2.24) is 15.3 Å². The predicted octanol–water partition coefficient (Wildman–Crippen LogP) is 5.57. The Bertz CT molecular complexity index is 1050. The highest BCUT2D eigenvalue weighted by Crippen LogP contribution is 2.43. The topological polar surface area (TPSA) is 123 Å². The number of nitrogens with one attached hydrogen (secondary N) is 3. The summed E-state index contributed by atoms with van der Waals surface area (Å²) in [6.45, 7) is 8.08. The van der Waals surface area contributed by atoms with E-state index in [4.69, 9.17) is 0 Å². The Hall–Kier alpha value is -2.86. The third kappa shape index (κ3) is 4.96. The highest BCUT2D eigenvalue weighted by Gasteiger charge is 2.50. The Kier molecular flexibility index (Phi) is 6.94. The molecule has 0 aliphatic heterocycles. The molecule has 1 saturated carbocycles. The van der Waals surface area contributed by atoms with Crippen molar-refractivity contribution in [3.05, 3.63) is 40.3 Å². The van der Waals surface area contributed by atoms with Gasteiger partial charge in [0.15, 0.2) is 5.69 Å². The number of rotatable bonds is 5. The van der Waals surface area contributed by atoms with Crippen LogP contribution in [0.4, 0.5) is 22.0 Å². The lowest BCUT2D eigenvalue weighted by Gasteiger charge is -2.52. The van der Waals surface area contributed by atoms with E-state index in [9.17, 15) is 15.2 Å². The van der Waals surface area contributed by atoms with Crippen LogP contribution in [0.5, 0.6) is 0 Å². The summed E-state index contributed by atoms with van der Waals surface area (Å²) in [5.41, 5.74) is 1.40. The summed E-state index contributed by atoms with van der Waals surface area (Å²) in [6, 6.07) is 7.53. The van der Waals surface area contributed by atoms with Crippen molar-refractivity contribution in [2.45, 2.75) is 65.0 Å². The normalized spacial score (nSPS) is 20.8. The number of aromatic nitrogens is 2. The molecular weight excluding hydrogens is 472 g/mol. The fourth-order valence-electron chi connectivity index (χ4n) is 4.47. The maximum absolute atomic E-state index is 11.7. The molecule has 2 heterocycles. The summed E-state index contributed by atoms with van der Waals surface area (Å²) in [7, 11) is 0. The standard InChI is InChI=1S/C23H29BrN6O2/c1-14-16(24)8-9-20(27-14)29-17-11-15(13-26-18(17)12-25)28-19-7-5-6-10-23(19,22(2,3)4)30-21(31)32/h8-9,11,13,19,28,30H,5-7,10H2,1-4H3,(H,27,29)(H,31,32). The van der Waals surface area contributed by atoms with E-state index in [1.165, 1.54) is 0 Å². The number of nitriles is 1. The Labute approximate surface area is 197 Å². The fourth-order valence-corrected chi connectivity index (χ4v) is 4.70. The van der Waals surface area contributed by atoms with E-state index in [1.54, 1.807) is 6.20 Å². The number of anilines is 3. The molecular formula is C23H29BrN6O2. The minimum atomic E-state index is -1.02. The van der Waals surface area contributed by atoms with E-state index in [0.717, 1.165) is 35.8 Å². The van der Waals surface area contributed by atoms with Crippen molar-refractivity contribution in [3.63, 3.8) is 0 Å². The first-order valence-corrected chi connectivity index (χ1v) is 11.4. The van der Waals surface area contributed by atoms with Crippen molar-refractivity contribution < 1.29 is 9.90 Å². The molecule has 4 N–H and O–H groups in total. The summed E-state index contributed by atoms with van der Waals surface area (Å²) >= 11 is 3.44. The van der Waals surface area contributed by atoms with Crippen LogP contribution in [0.2, 0.25) is 0 Å². The first-order chi connectivity index (χ1) is 15.1. The molecule has 1 aliphatic carbocycles. The Balaban J connectivity index is 1.93. The van der Waals surface area contributed by atoms with Crippen LogP contribution < -0.4 is 16.0 Å². The zero-order valence-corrected chi connectivity index (χ0v) is 20.4. The molecule has 170 valence electrons. The monoisotopic (exact) mass is 500 g/mol. The van der Waals surface area contributed by atoms with Crippen molar-refractivity contribution in [2.75, 3.05) is 10.6 Å². The van der Waals surface area contributed by atoms with Crippen LogP contribution in [0.3, 0.4) is 0 Å². The molecule has 0 bridgehead atoms. The average Bonchev–Trinajstić information content (AvgIpc) is 2.71. The van der Waals surface area contributed by atoms with E-state index in [1.807, 2.05) is 25.1 Å². The van der Waals surface area contributed by atoms with E-state index >= 15 is 0 Å². The van der Waals surface area contributed by atoms with E-state index in [-0.39, 0.29) is 17.2 Å². The van der Waals surface area contributed by atoms with Gasteiger partial charge in [0.1, 0.15) is 11.9 Å². The number of amides is 1. The molecule has 0 radical (unpaired) electrons. The zero-order chi connectivity index (χ0) is 23.5. The molecule has 2 aromatic heterocycles. The number of nitrogens with zero attached hydrogens (tertiary/aromatic N) is 3. The van der Waals surface area contributed by atoms with Gasteiger partial charge in [0.05, 0.1) is 28.8 Å². The molecule has 1 fully saturated rings. The van der Waals surface area contributed by atoms with Crippen LogP contribution >= 0.6 is 15.9 Å². The quantitative estimate of drug-likeness (QED) is 0.422. The molecule has 2 aromatic rings. The molecule has 0 aromatic carbocycles. The Morgan fingerprint density at radius 3 is 2.72 bits per heavy atom. The smallest absolute Gasteiger partial charge is 0.405 e. The maximum atomic E-state index is 11.7. The Morgan fingerprint density at radius 2 is 2.09 bits per heavy atom. The summed E-state index contributed by atoms with van der Waals surface area (Å²) in [4.78, 5) is 20.5. The third-order valence-electron chi connectivity index (χ3n) is 6.20. The van der Waals surface area contributed by atoms with Gasteiger partial charge in [-0.05, 0) is 59.3 Å². The largest absolute Gasteiger partial charge is 0.465 e. The average molecular weight is 501 g/mol. The van der Waals surface area contributed by atoms with Gasteiger partial charge in [0, 0.05) is 10.5 Å². The van der Waals surface area contributed by atoms with Crippen molar-refractivity contribution in [2.24, 2.45) is 5.41 Å². The van der Waals surface area contributed by atoms with Gasteiger partial charge < -0.3 is 21.1 Å².